The molecule has 1 aromatic carbocycles. The molecule has 24 heavy (non-hydrogen) atoms. The van der Waals surface area contributed by atoms with Gasteiger partial charge in [0.05, 0.1) is 13.2 Å². The fraction of sp³-hybridized carbons (Fsp3) is 0.526. The first kappa shape index (κ1) is 19.0. The molecule has 0 amide bonds. The number of rotatable bonds is 10. The van der Waals surface area contributed by atoms with Gasteiger partial charge in [0.25, 0.3) is 0 Å². The van der Waals surface area contributed by atoms with E-state index in [1.807, 2.05) is 32.4 Å². The normalized spacial score (nSPS) is 11.4. The van der Waals surface area contributed by atoms with Gasteiger partial charge in [0.15, 0.2) is 0 Å². The lowest BCUT2D eigenvalue weighted by Gasteiger charge is -2.14. The molecule has 5 heteroatoms. The number of hydrogen-bond donors (Lipinski definition) is 0. The Morgan fingerprint density at radius 1 is 1.21 bits per heavy atom. The quantitative estimate of drug-likeness (QED) is 0.607. The van der Waals surface area contributed by atoms with Gasteiger partial charge in [-0.3, -0.25) is 4.68 Å². The third kappa shape index (κ3) is 5.93. The number of ether oxygens (including phenoxy) is 1. The van der Waals surface area contributed by atoms with E-state index in [1.165, 1.54) is 17.7 Å². The zero-order chi connectivity index (χ0) is 17.4. The molecule has 0 N–H and O–H groups in total. The summed E-state index contributed by atoms with van der Waals surface area (Å²) in [6, 6.07) is 8.16. The van der Waals surface area contributed by atoms with Gasteiger partial charge < -0.3 is 9.64 Å². The van der Waals surface area contributed by atoms with Crippen LogP contribution in [0.15, 0.2) is 30.5 Å². The van der Waals surface area contributed by atoms with Crippen LogP contribution in [0.5, 0.6) is 0 Å². The Bertz CT molecular complexity index is 625. The van der Waals surface area contributed by atoms with Gasteiger partial charge in [-0.2, -0.15) is 5.10 Å². The van der Waals surface area contributed by atoms with Crippen molar-refractivity contribution < 1.29 is 4.74 Å². The molecule has 4 nitrogen and oxygen atoms in total. The minimum atomic E-state index is 0.590. The van der Waals surface area contributed by atoms with Gasteiger partial charge in [0.2, 0.25) is 0 Å². The van der Waals surface area contributed by atoms with E-state index in [1.54, 1.807) is 0 Å². The van der Waals surface area contributed by atoms with Crippen LogP contribution in [-0.4, -0.2) is 41.9 Å². The van der Waals surface area contributed by atoms with Crippen molar-refractivity contribution in [3.05, 3.63) is 52.3 Å². The summed E-state index contributed by atoms with van der Waals surface area (Å²) in [5.41, 5.74) is 3.65. The van der Waals surface area contributed by atoms with E-state index >= 15 is 0 Å². The van der Waals surface area contributed by atoms with Crippen molar-refractivity contribution in [1.82, 2.24) is 14.7 Å². The second kappa shape index (κ2) is 9.82. The molecule has 2 aromatic rings. The van der Waals surface area contributed by atoms with Gasteiger partial charge in [-0.15, -0.1) is 0 Å². The summed E-state index contributed by atoms with van der Waals surface area (Å²) in [7, 11) is 4.09. The number of nitrogens with zero attached hydrogens (tertiary/aromatic N) is 3. The lowest BCUT2D eigenvalue weighted by atomic mass is 10.0. The zero-order valence-corrected chi connectivity index (χ0v) is 15.7. The maximum absolute atomic E-state index is 6.18. The Labute approximate surface area is 150 Å². The minimum Gasteiger partial charge on any atom is -0.375 e. The van der Waals surface area contributed by atoms with E-state index in [-0.39, 0.29) is 0 Å². The Morgan fingerprint density at radius 3 is 2.79 bits per heavy atom. The highest BCUT2D eigenvalue weighted by atomic mass is 35.5. The molecular weight excluding hydrogens is 322 g/mol. The third-order valence-electron chi connectivity index (χ3n) is 4.01. The summed E-state index contributed by atoms with van der Waals surface area (Å²) in [5, 5.41) is 5.20. The molecule has 132 valence electrons. The average Bonchev–Trinajstić information content (AvgIpc) is 2.98. The lowest BCUT2D eigenvalue weighted by Crippen LogP contribution is -2.18. The molecule has 0 aliphatic carbocycles. The highest BCUT2D eigenvalue weighted by molar-refractivity contribution is 6.30. The fourth-order valence-corrected chi connectivity index (χ4v) is 2.74. The van der Waals surface area contributed by atoms with Gasteiger partial charge in [-0.1, -0.05) is 31.0 Å². The monoisotopic (exact) mass is 349 g/mol. The molecule has 0 saturated carbocycles. The van der Waals surface area contributed by atoms with E-state index in [2.05, 4.69) is 33.7 Å². The molecule has 0 fully saturated rings. The van der Waals surface area contributed by atoms with Crippen molar-refractivity contribution in [3.63, 3.8) is 0 Å². The van der Waals surface area contributed by atoms with Gasteiger partial charge in [0, 0.05) is 36.4 Å². The summed E-state index contributed by atoms with van der Waals surface area (Å²) in [4.78, 5) is 2.12. The standard InChI is InChI=1S/C19H28ClN3O/c1-4-5-10-23-19(8-9-21-23)14-16-6-7-18(20)13-17(16)15-24-12-11-22(2)3/h6-9,13H,4-5,10-12,14-15H2,1-3H3. The van der Waals surface area contributed by atoms with Gasteiger partial charge in [-0.05, 0) is 49.8 Å². The Hall–Kier alpha value is -1.36. The smallest absolute Gasteiger partial charge is 0.0720 e. The fourth-order valence-electron chi connectivity index (χ4n) is 2.55. The van der Waals surface area contributed by atoms with Crippen LogP contribution in [0.2, 0.25) is 5.02 Å². The van der Waals surface area contributed by atoms with E-state index in [9.17, 15) is 0 Å². The summed E-state index contributed by atoms with van der Waals surface area (Å²) in [6.07, 6.45) is 5.06. The molecule has 0 atom stereocenters. The summed E-state index contributed by atoms with van der Waals surface area (Å²) in [5.74, 6) is 0. The SMILES string of the molecule is CCCCn1nccc1Cc1ccc(Cl)cc1COCCN(C)C. The molecule has 1 aromatic heterocycles. The molecule has 1 heterocycles. The second-order valence-corrected chi connectivity index (χ2v) is 6.78. The van der Waals surface area contributed by atoms with Crippen molar-refractivity contribution in [2.24, 2.45) is 0 Å². The van der Waals surface area contributed by atoms with Crippen LogP contribution >= 0.6 is 11.6 Å². The summed E-state index contributed by atoms with van der Waals surface area (Å²) in [6.45, 7) is 5.40. The molecule has 0 bridgehead atoms. The Kier molecular flexibility index (Phi) is 7.76. The van der Waals surface area contributed by atoms with E-state index in [0.29, 0.717) is 13.2 Å². The average molecular weight is 350 g/mol. The van der Waals surface area contributed by atoms with E-state index < -0.39 is 0 Å². The molecule has 0 unspecified atom stereocenters. The van der Waals surface area contributed by atoms with Crippen molar-refractivity contribution >= 4 is 11.6 Å². The van der Waals surface area contributed by atoms with Crippen LogP contribution in [0.4, 0.5) is 0 Å². The maximum atomic E-state index is 6.18. The summed E-state index contributed by atoms with van der Waals surface area (Å²) < 4.78 is 7.92. The van der Waals surface area contributed by atoms with Crippen LogP contribution in [0.3, 0.4) is 0 Å². The predicted molar refractivity (Wildman–Crippen MR) is 99.6 cm³/mol. The molecule has 0 spiro atoms. The zero-order valence-electron chi connectivity index (χ0n) is 15.0. The molecule has 0 saturated heterocycles. The third-order valence-corrected chi connectivity index (χ3v) is 4.24. The highest BCUT2D eigenvalue weighted by Gasteiger charge is 2.09. The number of unbranched alkanes of at least 4 members (excludes halogenated alkanes) is 1. The molecule has 0 aliphatic rings. The van der Waals surface area contributed by atoms with Gasteiger partial charge in [-0.25, -0.2) is 0 Å². The van der Waals surface area contributed by atoms with E-state index in [0.717, 1.165) is 36.5 Å². The van der Waals surface area contributed by atoms with Crippen molar-refractivity contribution in [2.45, 2.75) is 39.3 Å². The number of aryl methyl sites for hydroxylation is 1. The van der Waals surface area contributed by atoms with Crippen LogP contribution in [-0.2, 0) is 24.3 Å². The number of aromatic nitrogens is 2. The van der Waals surface area contributed by atoms with Crippen molar-refractivity contribution in [2.75, 3.05) is 27.2 Å². The minimum absolute atomic E-state index is 0.590. The van der Waals surface area contributed by atoms with E-state index in [4.69, 9.17) is 16.3 Å². The van der Waals surface area contributed by atoms with Crippen molar-refractivity contribution in [1.29, 1.82) is 0 Å². The number of likely N-dealkylation sites (N-methyl/N-ethyl adjacent to an activating group) is 1. The van der Waals surface area contributed by atoms with Crippen LogP contribution < -0.4 is 0 Å². The second-order valence-electron chi connectivity index (χ2n) is 6.34. The lowest BCUT2D eigenvalue weighted by molar-refractivity contribution is 0.105. The van der Waals surface area contributed by atoms with Crippen LogP contribution in [0.1, 0.15) is 36.6 Å². The molecule has 2 rings (SSSR count). The maximum Gasteiger partial charge on any atom is 0.0720 e. The molecular formula is C19H28ClN3O. The number of hydrogen-bond acceptors (Lipinski definition) is 3. The Morgan fingerprint density at radius 2 is 2.04 bits per heavy atom. The van der Waals surface area contributed by atoms with Gasteiger partial charge in [0.1, 0.15) is 0 Å². The van der Waals surface area contributed by atoms with Gasteiger partial charge >= 0.3 is 0 Å². The predicted octanol–water partition coefficient (Wildman–Crippen LogP) is 4.01. The first-order valence-electron chi connectivity index (χ1n) is 8.60. The molecule has 0 radical (unpaired) electrons. The Balaban J connectivity index is 2.05. The largest absolute Gasteiger partial charge is 0.375 e. The van der Waals surface area contributed by atoms with Crippen molar-refractivity contribution in [3.8, 4) is 0 Å². The van der Waals surface area contributed by atoms with Crippen LogP contribution in [0.25, 0.3) is 0 Å². The summed E-state index contributed by atoms with van der Waals surface area (Å²) >= 11 is 6.18. The van der Waals surface area contributed by atoms with Crippen LogP contribution in [0, 0.1) is 0 Å². The first-order valence-corrected chi connectivity index (χ1v) is 8.98. The molecule has 0 aliphatic heterocycles. The first-order chi connectivity index (χ1) is 11.6. The number of benzene rings is 1. The number of halogens is 1. The highest BCUT2D eigenvalue weighted by Crippen LogP contribution is 2.20. The topological polar surface area (TPSA) is 30.3 Å².